The Morgan fingerprint density at radius 3 is 2.50 bits per heavy atom. The van der Waals surface area contributed by atoms with Crippen LogP contribution in [-0.2, 0) is 6.42 Å². The molecule has 20 heavy (non-hydrogen) atoms. The van der Waals surface area contributed by atoms with Crippen LogP contribution in [0, 0.1) is 11.3 Å². The highest BCUT2D eigenvalue weighted by Gasteiger charge is 2.06. The van der Waals surface area contributed by atoms with Gasteiger partial charge in [0, 0.05) is 9.79 Å². The lowest BCUT2D eigenvalue weighted by Crippen LogP contribution is -1.94. The quantitative estimate of drug-likeness (QED) is 0.922. The van der Waals surface area contributed by atoms with E-state index in [-0.39, 0.29) is 5.56 Å². The summed E-state index contributed by atoms with van der Waals surface area (Å²) >= 11 is 1.58. The summed E-state index contributed by atoms with van der Waals surface area (Å²) in [6.45, 7) is 2.05. The van der Waals surface area contributed by atoms with Gasteiger partial charge in [-0.05, 0) is 54.4 Å². The van der Waals surface area contributed by atoms with Gasteiger partial charge in [-0.1, -0.05) is 18.7 Å². The minimum atomic E-state index is -0.922. The Balaban J connectivity index is 2.25. The monoisotopic (exact) mass is 283 g/mol. The summed E-state index contributed by atoms with van der Waals surface area (Å²) < 4.78 is 0. The van der Waals surface area contributed by atoms with Crippen molar-refractivity contribution >= 4 is 17.7 Å². The molecule has 2 aromatic carbocycles. The molecule has 0 aromatic heterocycles. The molecular weight excluding hydrogens is 270 g/mol. The molecule has 0 saturated carbocycles. The van der Waals surface area contributed by atoms with E-state index < -0.39 is 5.97 Å². The third-order valence-corrected chi connectivity index (χ3v) is 4.03. The van der Waals surface area contributed by atoms with Crippen LogP contribution in [0.5, 0.6) is 0 Å². The Labute approximate surface area is 121 Å². The summed E-state index contributed by atoms with van der Waals surface area (Å²) in [6, 6.07) is 14.6. The standard InChI is InChI=1S/C16H13NO2S/c1-2-12-9-11(10-17)3-8-15(12)20-14-6-4-13(5-7-14)16(18)19/h3-9H,2H2,1H3,(H,18,19). The largest absolute Gasteiger partial charge is 0.478 e. The average Bonchev–Trinajstić information content (AvgIpc) is 2.48. The van der Waals surface area contributed by atoms with Crippen molar-refractivity contribution in [3.05, 3.63) is 59.2 Å². The lowest BCUT2D eigenvalue weighted by Gasteiger charge is -2.08. The Hall–Kier alpha value is -2.25. The molecule has 1 N–H and O–H groups in total. The van der Waals surface area contributed by atoms with E-state index in [4.69, 9.17) is 10.4 Å². The lowest BCUT2D eigenvalue weighted by molar-refractivity contribution is 0.0697. The Morgan fingerprint density at radius 2 is 1.95 bits per heavy atom. The van der Waals surface area contributed by atoms with Crippen LogP contribution < -0.4 is 0 Å². The minimum absolute atomic E-state index is 0.282. The Kier molecular flexibility index (Phi) is 4.44. The minimum Gasteiger partial charge on any atom is -0.478 e. The first-order valence-electron chi connectivity index (χ1n) is 6.18. The molecule has 2 aromatic rings. The average molecular weight is 283 g/mol. The van der Waals surface area contributed by atoms with E-state index in [0.29, 0.717) is 5.56 Å². The molecule has 0 amide bonds. The van der Waals surface area contributed by atoms with Gasteiger partial charge in [0.1, 0.15) is 0 Å². The topological polar surface area (TPSA) is 61.1 Å². The van der Waals surface area contributed by atoms with Crippen molar-refractivity contribution in [2.75, 3.05) is 0 Å². The zero-order chi connectivity index (χ0) is 14.5. The van der Waals surface area contributed by atoms with E-state index >= 15 is 0 Å². The zero-order valence-corrected chi connectivity index (χ0v) is 11.8. The molecule has 2 rings (SSSR count). The van der Waals surface area contributed by atoms with Crippen molar-refractivity contribution in [2.24, 2.45) is 0 Å². The third kappa shape index (κ3) is 3.19. The van der Waals surface area contributed by atoms with E-state index in [1.165, 1.54) is 0 Å². The van der Waals surface area contributed by atoms with Gasteiger partial charge < -0.3 is 5.11 Å². The van der Waals surface area contributed by atoms with Crippen molar-refractivity contribution in [1.29, 1.82) is 5.26 Å². The molecule has 4 heteroatoms. The fourth-order valence-electron chi connectivity index (χ4n) is 1.82. The molecule has 0 aliphatic rings. The highest BCUT2D eigenvalue weighted by molar-refractivity contribution is 7.99. The van der Waals surface area contributed by atoms with Crippen molar-refractivity contribution in [1.82, 2.24) is 0 Å². The maximum atomic E-state index is 10.8. The molecule has 0 saturated heterocycles. The van der Waals surface area contributed by atoms with Gasteiger partial charge >= 0.3 is 5.97 Å². The van der Waals surface area contributed by atoms with E-state index in [1.807, 2.05) is 19.1 Å². The van der Waals surface area contributed by atoms with Gasteiger partial charge in [-0.2, -0.15) is 5.26 Å². The summed E-state index contributed by atoms with van der Waals surface area (Å²) in [4.78, 5) is 12.9. The molecule has 3 nitrogen and oxygen atoms in total. The maximum Gasteiger partial charge on any atom is 0.335 e. The second-order valence-electron chi connectivity index (χ2n) is 4.22. The Bertz CT molecular complexity index is 672. The summed E-state index contributed by atoms with van der Waals surface area (Å²) in [5.74, 6) is -0.922. The molecule has 0 bridgehead atoms. The highest BCUT2D eigenvalue weighted by Crippen LogP contribution is 2.31. The predicted octanol–water partition coefficient (Wildman–Crippen LogP) is 3.97. The van der Waals surface area contributed by atoms with Crippen molar-refractivity contribution in [3.8, 4) is 6.07 Å². The number of nitriles is 1. The van der Waals surface area contributed by atoms with E-state index in [0.717, 1.165) is 21.8 Å². The number of carboxylic acid groups (broad SMARTS) is 1. The van der Waals surface area contributed by atoms with Crippen LogP contribution in [0.3, 0.4) is 0 Å². The number of hydrogen-bond acceptors (Lipinski definition) is 3. The number of benzene rings is 2. The van der Waals surface area contributed by atoms with Crippen LogP contribution >= 0.6 is 11.8 Å². The number of carbonyl (C=O) groups is 1. The molecule has 0 atom stereocenters. The first-order valence-corrected chi connectivity index (χ1v) is 7.00. The van der Waals surface area contributed by atoms with Gasteiger partial charge in [-0.15, -0.1) is 0 Å². The molecule has 0 aliphatic carbocycles. The van der Waals surface area contributed by atoms with Crippen LogP contribution in [0.2, 0.25) is 0 Å². The maximum absolute atomic E-state index is 10.8. The van der Waals surface area contributed by atoms with Crippen LogP contribution in [0.4, 0.5) is 0 Å². The Morgan fingerprint density at radius 1 is 1.25 bits per heavy atom. The van der Waals surface area contributed by atoms with Crippen LogP contribution in [0.1, 0.15) is 28.4 Å². The zero-order valence-electron chi connectivity index (χ0n) is 11.0. The molecule has 0 heterocycles. The summed E-state index contributed by atoms with van der Waals surface area (Å²) in [5, 5.41) is 17.8. The van der Waals surface area contributed by atoms with E-state index in [1.54, 1.807) is 42.1 Å². The van der Waals surface area contributed by atoms with Gasteiger partial charge in [-0.25, -0.2) is 4.79 Å². The normalized spacial score (nSPS) is 10.0. The SMILES string of the molecule is CCc1cc(C#N)ccc1Sc1ccc(C(=O)O)cc1. The first kappa shape index (κ1) is 14.2. The van der Waals surface area contributed by atoms with Gasteiger partial charge in [0.2, 0.25) is 0 Å². The molecule has 0 radical (unpaired) electrons. The van der Waals surface area contributed by atoms with E-state index in [9.17, 15) is 4.79 Å². The van der Waals surface area contributed by atoms with Crippen LogP contribution in [0.15, 0.2) is 52.3 Å². The number of hydrogen-bond donors (Lipinski definition) is 1. The van der Waals surface area contributed by atoms with Crippen molar-refractivity contribution in [3.63, 3.8) is 0 Å². The van der Waals surface area contributed by atoms with Gasteiger partial charge in [0.15, 0.2) is 0 Å². The fraction of sp³-hybridized carbons (Fsp3) is 0.125. The number of carboxylic acids is 1. The lowest BCUT2D eigenvalue weighted by atomic mass is 10.1. The predicted molar refractivity (Wildman–Crippen MR) is 78.1 cm³/mol. The van der Waals surface area contributed by atoms with Gasteiger partial charge in [-0.3, -0.25) is 0 Å². The number of aryl methyl sites for hydroxylation is 1. The number of aromatic carboxylic acids is 1. The van der Waals surface area contributed by atoms with E-state index in [2.05, 4.69) is 6.07 Å². The molecule has 0 aliphatic heterocycles. The molecule has 0 spiro atoms. The molecule has 0 fully saturated rings. The van der Waals surface area contributed by atoms with Gasteiger partial charge in [0.25, 0.3) is 0 Å². The van der Waals surface area contributed by atoms with Crippen molar-refractivity contribution in [2.45, 2.75) is 23.1 Å². The fourth-order valence-corrected chi connectivity index (χ4v) is 2.81. The van der Waals surface area contributed by atoms with Gasteiger partial charge in [0.05, 0.1) is 17.2 Å². The smallest absolute Gasteiger partial charge is 0.335 e. The third-order valence-electron chi connectivity index (χ3n) is 2.90. The number of rotatable bonds is 4. The number of nitrogens with zero attached hydrogens (tertiary/aromatic N) is 1. The molecule has 100 valence electrons. The van der Waals surface area contributed by atoms with Crippen LogP contribution in [0.25, 0.3) is 0 Å². The second kappa shape index (κ2) is 6.27. The summed E-state index contributed by atoms with van der Waals surface area (Å²) in [7, 11) is 0. The second-order valence-corrected chi connectivity index (χ2v) is 5.33. The summed E-state index contributed by atoms with van der Waals surface area (Å²) in [6.07, 6.45) is 0.852. The molecule has 0 unspecified atom stereocenters. The van der Waals surface area contributed by atoms with Crippen LogP contribution in [-0.4, -0.2) is 11.1 Å². The highest BCUT2D eigenvalue weighted by atomic mass is 32.2. The van der Waals surface area contributed by atoms with Crippen molar-refractivity contribution < 1.29 is 9.90 Å². The summed E-state index contributed by atoms with van der Waals surface area (Å²) in [5.41, 5.74) is 2.06. The first-order chi connectivity index (χ1) is 9.63. The molecular formula is C16H13NO2S.